The van der Waals surface area contributed by atoms with Crippen molar-refractivity contribution in [2.45, 2.75) is 11.5 Å². The standard InChI is InChI=1S/C11H10BrClN2O3S/c1-15-5-4-14-11(15)7-18-10-3-2-8(6-9(10)12)19(13,16)17/h2-6H,7H2,1H3. The first-order chi connectivity index (χ1) is 8.88. The Bertz CT molecular complexity index is 700. The molecule has 19 heavy (non-hydrogen) atoms. The van der Waals surface area contributed by atoms with Gasteiger partial charge in [-0.05, 0) is 34.1 Å². The van der Waals surface area contributed by atoms with Gasteiger partial charge in [0.2, 0.25) is 0 Å². The molecule has 0 atom stereocenters. The Morgan fingerprint density at radius 3 is 2.74 bits per heavy atom. The van der Waals surface area contributed by atoms with E-state index in [2.05, 4.69) is 20.9 Å². The first-order valence-electron chi connectivity index (χ1n) is 5.21. The van der Waals surface area contributed by atoms with Crippen molar-refractivity contribution < 1.29 is 13.2 Å². The number of nitrogens with zero attached hydrogens (tertiary/aromatic N) is 2. The smallest absolute Gasteiger partial charge is 0.261 e. The third-order valence-electron chi connectivity index (χ3n) is 2.46. The van der Waals surface area contributed by atoms with E-state index in [0.717, 1.165) is 5.82 Å². The van der Waals surface area contributed by atoms with Crippen molar-refractivity contribution in [1.82, 2.24) is 9.55 Å². The number of rotatable bonds is 4. The molecule has 2 aromatic rings. The Hall–Kier alpha value is -1.05. The van der Waals surface area contributed by atoms with Crippen LogP contribution in [-0.2, 0) is 22.7 Å². The molecule has 8 heteroatoms. The van der Waals surface area contributed by atoms with E-state index >= 15 is 0 Å². The van der Waals surface area contributed by atoms with E-state index in [-0.39, 0.29) is 11.5 Å². The van der Waals surface area contributed by atoms with E-state index in [0.29, 0.717) is 10.2 Å². The molecule has 1 heterocycles. The van der Waals surface area contributed by atoms with Crippen LogP contribution >= 0.6 is 26.6 Å². The maximum absolute atomic E-state index is 11.2. The lowest BCUT2D eigenvalue weighted by atomic mass is 10.3. The summed E-state index contributed by atoms with van der Waals surface area (Å²) in [5.41, 5.74) is 0. The number of halogens is 2. The second-order valence-corrected chi connectivity index (χ2v) is 7.19. The molecule has 0 fully saturated rings. The van der Waals surface area contributed by atoms with E-state index in [1.54, 1.807) is 12.3 Å². The fourth-order valence-electron chi connectivity index (χ4n) is 1.43. The minimum Gasteiger partial charge on any atom is -0.484 e. The molecule has 0 radical (unpaired) electrons. The van der Waals surface area contributed by atoms with Gasteiger partial charge in [0.1, 0.15) is 18.2 Å². The van der Waals surface area contributed by atoms with Gasteiger partial charge >= 0.3 is 0 Å². The van der Waals surface area contributed by atoms with Crippen LogP contribution in [0.1, 0.15) is 5.82 Å². The second kappa shape index (κ2) is 5.52. The molecule has 0 spiro atoms. The van der Waals surface area contributed by atoms with Gasteiger partial charge in [-0.25, -0.2) is 13.4 Å². The van der Waals surface area contributed by atoms with E-state index in [1.807, 2.05) is 17.8 Å². The molecular formula is C11H10BrClN2O3S. The molecule has 1 aromatic heterocycles. The second-order valence-electron chi connectivity index (χ2n) is 3.77. The average molecular weight is 366 g/mol. The summed E-state index contributed by atoms with van der Waals surface area (Å²) in [6.07, 6.45) is 3.49. The van der Waals surface area contributed by atoms with E-state index in [4.69, 9.17) is 15.4 Å². The van der Waals surface area contributed by atoms with Crippen molar-refractivity contribution in [1.29, 1.82) is 0 Å². The molecule has 1 aromatic carbocycles. The van der Waals surface area contributed by atoms with Gasteiger partial charge in [0.15, 0.2) is 0 Å². The quantitative estimate of drug-likeness (QED) is 0.782. The SMILES string of the molecule is Cn1ccnc1COc1ccc(S(=O)(=O)Cl)cc1Br. The fourth-order valence-corrected chi connectivity index (χ4v) is 2.85. The van der Waals surface area contributed by atoms with Gasteiger partial charge in [-0.1, -0.05) is 0 Å². The van der Waals surface area contributed by atoms with Crippen molar-refractivity contribution in [3.8, 4) is 5.75 Å². The van der Waals surface area contributed by atoms with Crippen LogP contribution in [0.3, 0.4) is 0 Å². The highest BCUT2D eigenvalue weighted by atomic mass is 79.9. The van der Waals surface area contributed by atoms with Gasteiger partial charge in [0, 0.05) is 30.1 Å². The van der Waals surface area contributed by atoms with E-state index in [9.17, 15) is 8.42 Å². The molecular weight excluding hydrogens is 356 g/mol. The Morgan fingerprint density at radius 1 is 1.47 bits per heavy atom. The fraction of sp³-hybridized carbons (Fsp3) is 0.182. The Labute approximate surface area is 123 Å². The van der Waals surface area contributed by atoms with Crippen LogP contribution in [0.25, 0.3) is 0 Å². The Morgan fingerprint density at radius 2 is 2.21 bits per heavy atom. The van der Waals surface area contributed by atoms with Gasteiger partial charge in [0.25, 0.3) is 9.05 Å². The Kier molecular flexibility index (Phi) is 4.17. The summed E-state index contributed by atoms with van der Waals surface area (Å²) in [6.45, 7) is 0.287. The number of imidazole rings is 1. The van der Waals surface area contributed by atoms with Crippen LogP contribution in [0.5, 0.6) is 5.75 Å². The minimum absolute atomic E-state index is 0.0189. The summed E-state index contributed by atoms with van der Waals surface area (Å²) in [5, 5.41) is 0. The van der Waals surface area contributed by atoms with Crippen LogP contribution in [0.2, 0.25) is 0 Å². The van der Waals surface area contributed by atoms with Crippen molar-refractivity contribution >= 4 is 35.7 Å². The van der Waals surface area contributed by atoms with Crippen molar-refractivity contribution in [2.75, 3.05) is 0 Å². The zero-order valence-electron chi connectivity index (χ0n) is 9.88. The summed E-state index contributed by atoms with van der Waals surface area (Å²) in [7, 11) is 3.39. The predicted molar refractivity (Wildman–Crippen MR) is 74.7 cm³/mol. The zero-order valence-corrected chi connectivity index (χ0v) is 13.0. The molecule has 0 aliphatic heterocycles. The predicted octanol–water partition coefficient (Wildman–Crippen LogP) is 2.69. The third kappa shape index (κ3) is 3.49. The molecule has 0 saturated heterocycles. The lowest BCUT2D eigenvalue weighted by Crippen LogP contribution is -2.03. The van der Waals surface area contributed by atoms with Crippen LogP contribution < -0.4 is 4.74 Å². The summed E-state index contributed by atoms with van der Waals surface area (Å²) in [5.74, 6) is 1.29. The maximum Gasteiger partial charge on any atom is 0.261 e. The summed E-state index contributed by atoms with van der Waals surface area (Å²) >= 11 is 3.25. The van der Waals surface area contributed by atoms with Crippen molar-refractivity contribution in [3.05, 3.63) is 40.9 Å². The molecule has 0 saturated carbocycles. The van der Waals surface area contributed by atoms with Crippen molar-refractivity contribution in [2.24, 2.45) is 7.05 Å². The van der Waals surface area contributed by atoms with Crippen LogP contribution in [0.15, 0.2) is 40.0 Å². The molecule has 0 bridgehead atoms. The largest absolute Gasteiger partial charge is 0.484 e. The monoisotopic (exact) mass is 364 g/mol. The highest BCUT2D eigenvalue weighted by molar-refractivity contribution is 9.10. The number of aromatic nitrogens is 2. The molecule has 0 unspecified atom stereocenters. The summed E-state index contributed by atoms with van der Waals surface area (Å²) < 4.78 is 30.3. The lowest BCUT2D eigenvalue weighted by molar-refractivity contribution is 0.290. The Balaban J connectivity index is 2.16. The summed E-state index contributed by atoms with van der Waals surface area (Å²) in [4.78, 5) is 4.14. The number of hydrogen-bond acceptors (Lipinski definition) is 4. The normalized spacial score (nSPS) is 11.5. The topological polar surface area (TPSA) is 61.2 Å². The van der Waals surface area contributed by atoms with Gasteiger partial charge in [-0.15, -0.1) is 0 Å². The lowest BCUT2D eigenvalue weighted by Gasteiger charge is -2.08. The zero-order chi connectivity index (χ0) is 14.0. The number of hydrogen-bond donors (Lipinski definition) is 0. The number of benzene rings is 1. The molecule has 0 amide bonds. The van der Waals surface area contributed by atoms with Crippen LogP contribution in [-0.4, -0.2) is 18.0 Å². The van der Waals surface area contributed by atoms with Gasteiger partial charge in [-0.3, -0.25) is 0 Å². The molecule has 0 aliphatic carbocycles. The minimum atomic E-state index is -3.74. The third-order valence-corrected chi connectivity index (χ3v) is 4.43. The number of aryl methyl sites for hydroxylation is 1. The van der Waals surface area contributed by atoms with Gasteiger partial charge in [0.05, 0.1) is 9.37 Å². The number of ether oxygens (including phenoxy) is 1. The average Bonchev–Trinajstić information content (AvgIpc) is 2.72. The molecule has 5 nitrogen and oxygen atoms in total. The highest BCUT2D eigenvalue weighted by Gasteiger charge is 2.13. The summed E-state index contributed by atoms with van der Waals surface area (Å²) in [6, 6.07) is 4.33. The van der Waals surface area contributed by atoms with E-state index in [1.165, 1.54) is 12.1 Å². The maximum atomic E-state index is 11.2. The highest BCUT2D eigenvalue weighted by Crippen LogP contribution is 2.29. The molecule has 0 N–H and O–H groups in total. The molecule has 0 aliphatic rings. The first-order valence-corrected chi connectivity index (χ1v) is 8.31. The van der Waals surface area contributed by atoms with Gasteiger partial charge in [-0.2, -0.15) is 0 Å². The molecule has 102 valence electrons. The van der Waals surface area contributed by atoms with Crippen LogP contribution in [0, 0.1) is 0 Å². The molecule has 2 rings (SSSR count). The van der Waals surface area contributed by atoms with Gasteiger partial charge < -0.3 is 9.30 Å². The van der Waals surface area contributed by atoms with Crippen LogP contribution in [0.4, 0.5) is 0 Å². The first kappa shape index (κ1) is 14.4. The van der Waals surface area contributed by atoms with E-state index < -0.39 is 9.05 Å². The van der Waals surface area contributed by atoms with Crippen molar-refractivity contribution in [3.63, 3.8) is 0 Å².